The molecule has 0 radical (unpaired) electrons. The summed E-state index contributed by atoms with van der Waals surface area (Å²) < 4.78 is 24.7. The second kappa shape index (κ2) is 5.85. The number of aliphatic hydroxyl groups excluding tert-OH is 1. The molecule has 3 nitrogen and oxygen atoms in total. The SMILES string of the molecule is CCCCC(=O)NCC(F)(F)CO. The zero-order valence-electron chi connectivity index (χ0n) is 7.65. The summed E-state index contributed by atoms with van der Waals surface area (Å²) in [5.41, 5.74) is 0. The molecule has 1 amide bonds. The Bertz CT molecular complexity index is 162. The van der Waals surface area contributed by atoms with Gasteiger partial charge in [-0.15, -0.1) is 0 Å². The van der Waals surface area contributed by atoms with Crippen LogP contribution in [0.15, 0.2) is 0 Å². The minimum atomic E-state index is -3.21. The number of carbonyl (C=O) groups excluding carboxylic acids is 1. The maximum atomic E-state index is 12.4. The fourth-order valence-electron chi connectivity index (χ4n) is 0.710. The Morgan fingerprint density at radius 1 is 1.54 bits per heavy atom. The highest BCUT2D eigenvalue weighted by molar-refractivity contribution is 5.75. The number of carbonyl (C=O) groups is 1. The Hall–Kier alpha value is -0.710. The lowest BCUT2D eigenvalue weighted by molar-refractivity contribution is -0.124. The quantitative estimate of drug-likeness (QED) is 0.662. The van der Waals surface area contributed by atoms with Gasteiger partial charge in [0.05, 0.1) is 6.54 Å². The number of amides is 1. The van der Waals surface area contributed by atoms with Crippen LogP contribution in [-0.4, -0.2) is 30.1 Å². The number of nitrogens with one attached hydrogen (secondary N) is 1. The normalized spacial score (nSPS) is 11.4. The summed E-state index contributed by atoms with van der Waals surface area (Å²) >= 11 is 0. The van der Waals surface area contributed by atoms with Crippen LogP contribution in [-0.2, 0) is 4.79 Å². The molecule has 5 heteroatoms. The van der Waals surface area contributed by atoms with Gasteiger partial charge in [0.15, 0.2) is 0 Å². The van der Waals surface area contributed by atoms with Gasteiger partial charge < -0.3 is 10.4 Å². The van der Waals surface area contributed by atoms with Crippen molar-refractivity contribution in [2.75, 3.05) is 13.2 Å². The van der Waals surface area contributed by atoms with Crippen LogP contribution < -0.4 is 5.32 Å². The highest BCUT2D eigenvalue weighted by atomic mass is 19.3. The van der Waals surface area contributed by atoms with Crippen molar-refractivity contribution in [3.63, 3.8) is 0 Å². The van der Waals surface area contributed by atoms with E-state index in [4.69, 9.17) is 5.11 Å². The number of halogens is 2. The molecule has 0 saturated heterocycles. The van der Waals surface area contributed by atoms with Crippen LogP contribution in [0.2, 0.25) is 0 Å². The van der Waals surface area contributed by atoms with Gasteiger partial charge in [-0.3, -0.25) is 4.79 Å². The Kier molecular flexibility index (Phi) is 5.53. The average molecular weight is 195 g/mol. The largest absolute Gasteiger partial charge is 0.390 e. The second-order valence-corrected chi connectivity index (χ2v) is 2.89. The molecule has 2 N–H and O–H groups in total. The predicted octanol–water partition coefficient (Wildman–Crippen LogP) is 0.920. The van der Waals surface area contributed by atoms with E-state index in [1.165, 1.54) is 0 Å². The van der Waals surface area contributed by atoms with Gasteiger partial charge in [-0.2, -0.15) is 0 Å². The zero-order chi connectivity index (χ0) is 10.3. The fourth-order valence-corrected chi connectivity index (χ4v) is 0.710. The molecule has 78 valence electrons. The van der Waals surface area contributed by atoms with Gasteiger partial charge in [0.25, 0.3) is 5.92 Å². The first kappa shape index (κ1) is 12.3. The van der Waals surface area contributed by atoms with Crippen molar-refractivity contribution < 1.29 is 18.7 Å². The van der Waals surface area contributed by atoms with Crippen molar-refractivity contribution >= 4 is 5.91 Å². The van der Waals surface area contributed by atoms with Crippen molar-refractivity contribution in [1.29, 1.82) is 0 Å². The Morgan fingerprint density at radius 2 is 2.15 bits per heavy atom. The van der Waals surface area contributed by atoms with Crippen molar-refractivity contribution in [1.82, 2.24) is 5.32 Å². The van der Waals surface area contributed by atoms with E-state index in [-0.39, 0.29) is 6.42 Å². The van der Waals surface area contributed by atoms with E-state index in [2.05, 4.69) is 5.32 Å². The smallest absolute Gasteiger partial charge is 0.287 e. The highest BCUT2D eigenvalue weighted by Crippen LogP contribution is 2.09. The fraction of sp³-hybridized carbons (Fsp3) is 0.875. The number of alkyl halides is 2. The van der Waals surface area contributed by atoms with Crippen LogP contribution in [0.4, 0.5) is 8.78 Å². The summed E-state index contributed by atoms with van der Waals surface area (Å²) in [6.07, 6.45) is 1.80. The molecule has 0 atom stereocenters. The Labute approximate surface area is 76.1 Å². The molecule has 0 aromatic carbocycles. The number of hydrogen-bond donors (Lipinski definition) is 2. The third kappa shape index (κ3) is 6.45. The summed E-state index contributed by atoms with van der Waals surface area (Å²) in [5, 5.41) is 10.2. The minimum absolute atomic E-state index is 0.262. The number of aliphatic hydroxyl groups is 1. The first-order chi connectivity index (χ1) is 6.02. The first-order valence-electron chi connectivity index (χ1n) is 4.27. The molecular weight excluding hydrogens is 180 g/mol. The molecule has 0 heterocycles. The monoisotopic (exact) mass is 195 g/mol. The van der Waals surface area contributed by atoms with E-state index < -0.39 is 25.0 Å². The van der Waals surface area contributed by atoms with E-state index >= 15 is 0 Å². The van der Waals surface area contributed by atoms with Gasteiger partial charge in [0.1, 0.15) is 6.61 Å². The van der Waals surface area contributed by atoms with E-state index in [0.717, 1.165) is 6.42 Å². The summed E-state index contributed by atoms with van der Waals surface area (Å²) in [4.78, 5) is 10.8. The van der Waals surface area contributed by atoms with Crippen LogP contribution in [0, 0.1) is 0 Å². The molecule has 0 saturated carbocycles. The third-order valence-electron chi connectivity index (χ3n) is 1.53. The molecule has 0 aliphatic heterocycles. The van der Waals surface area contributed by atoms with E-state index in [1.807, 2.05) is 6.92 Å². The molecule has 0 aromatic rings. The number of rotatable bonds is 6. The molecule has 0 unspecified atom stereocenters. The van der Waals surface area contributed by atoms with Crippen LogP contribution in [0.25, 0.3) is 0 Å². The topological polar surface area (TPSA) is 49.3 Å². The standard InChI is InChI=1S/C8H15F2NO2/c1-2-3-4-7(13)11-5-8(9,10)6-12/h12H,2-6H2,1H3,(H,11,13). The lowest BCUT2D eigenvalue weighted by Crippen LogP contribution is -2.38. The second-order valence-electron chi connectivity index (χ2n) is 2.89. The maximum Gasteiger partial charge on any atom is 0.287 e. The van der Waals surface area contributed by atoms with Gasteiger partial charge in [0, 0.05) is 6.42 Å². The number of unbranched alkanes of at least 4 members (excludes halogenated alkanes) is 1. The molecule has 0 aliphatic rings. The van der Waals surface area contributed by atoms with Gasteiger partial charge in [0.2, 0.25) is 5.91 Å². The zero-order valence-corrected chi connectivity index (χ0v) is 7.65. The molecule has 0 rings (SSSR count). The van der Waals surface area contributed by atoms with Crippen molar-refractivity contribution in [3.05, 3.63) is 0 Å². The van der Waals surface area contributed by atoms with Crippen LogP contribution in [0.3, 0.4) is 0 Å². The predicted molar refractivity (Wildman–Crippen MR) is 44.6 cm³/mol. The van der Waals surface area contributed by atoms with Crippen LogP contribution >= 0.6 is 0 Å². The van der Waals surface area contributed by atoms with Gasteiger partial charge >= 0.3 is 0 Å². The maximum absolute atomic E-state index is 12.4. The molecule has 0 spiro atoms. The van der Waals surface area contributed by atoms with Crippen molar-refractivity contribution in [2.45, 2.75) is 32.1 Å². The van der Waals surface area contributed by atoms with Gasteiger partial charge in [-0.05, 0) is 6.42 Å². The van der Waals surface area contributed by atoms with E-state index in [0.29, 0.717) is 6.42 Å². The number of hydrogen-bond acceptors (Lipinski definition) is 2. The first-order valence-corrected chi connectivity index (χ1v) is 4.27. The molecule has 13 heavy (non-hydrogen) atoms. The summed E-state index contributed by atoms with van der Waals surface area (Å²) in [6.45, 7) is -0.108. The summed E-state index contributed by atoms with van der Waals surface area (Å²) in [7, 11) is 0. The van der Waals surface area contributed by atoms with Gasteiger partial charge in [-0.1, -0.05) is 13.3 Å². The molecule has 0 fully saturated rings. The Morgan fingerprint density at radius 3 is 2.62 bits per heavy atom. The van der Waals surface area contributed by atoms with E-state index in [1.54, 1.807) is 0 Å². The third-order valence-corrected chi connectivity index (χ3v) is 1.53. The molecule has 0 aliphatic carbocycles. The lowest BCUT2D eigenvalue weighted by atomic mass is 10.2. The molecular formula is C8H15F2NO2. The summed E-state index contributed by atoms with van der Waals surface area (Å²) in [5.74, 6) is -3.60. The van der Waals surface area contributed by atoms with Crippen molar-refractivity contribution in [2.24, 2.45) is 0 Å². The Balaban J connectivity index is 3.57. The molecule has 0 bridgehead atoms. The van der Waals surface area contributed by atoms with Crippen LogP contribution in [0.5, 0.6) is 0 Å². The average Bonchev–Trinajstić information content (AvgIpc) is 2.11. The minimum Gasteiger partial charge on any atom is -0.390 e. The van der Waals surface area contributed by atoms with Gasteiger partial charge in [-0.25, -0.2) is 8.78 Å². The van der Waals surface area contributed by atoms with E-state index in [9.17, 15) is 13.6 Å². The van der Waals surface area contributed by atoms with Crippen molar-refractivity contribution in [3.8, 4) is 0 Å². The highest BCUT2D eigenvalue weighted by Gasteiger charge is 2.27. The lowest BCUT2D eigenvalue weighted by Gasteiger charge is -2.13. The summed E-state index contributed by atoms with van der Waals surface area (Å²) in [6, 6.07) is 0. The molecule has 0 aromatic heterocycles. The van der Waals surface area contributed by atoms with Crippen LogP contribution in [0.1, 0.15) is 26.2 Å².